The number of carbonyl (C=O) groups is 3. The minimum atomic E-state index is -0.270. The number of nitrogens with zero attached hydrogens (tertiary/aromatic N) is 2. The van der Waals surface area contributed by atoms with Crippen LogP contribution in [0.5, 0.6) is 0 Å². The van der Waals surface area contributed by atoms with Crippen LogP contribution in [0.4, 0.5) is 5.69 Å². The second-order valence-electron chi connectivity index (χ2n) is 10.7. The van der Waals surface area contributed by atoms with Crippen LogP contribution >= 0.6 is 15.9 Å². The Morgan fingerprint density at radius 3 is 2.06 bits per heavy atom. The van der Waals surface area contributed by atoms with Crippen LogP contribution in [0.2, 0.25) is 0 Å². The molecule has 1 aliphatic heterocycles. The Morgan fingerprint density at radius 2 is 1.53 bits per heavy atom. The highest BCUT2D eigenvalue weighted by molar-refractivity contribution is 9.10. The van der Waals surface area contributed by atoms with Crippen molar-refractivity contribution in [2.24, 2.45) is 35.5 Å². The lowest BCUT2D eigenvalue weighted by molar-refractivity contribution is -0.140. The van der Waals surface area contributed by atoms with Crippen molar-refractivity contribution in [1.82, 2.24) is 4.90 Å². The molecule has 5 aliphatic rings. The predicted molar refractivity (Wildman–Crippen MR) is 142 cm³/mol. The van der Waals surface area contributed by atoms with Gasteiger partial charge in [0.25, 0.3) is 5.91 Å². The van der Waals surface area contributed by atoms with Gasteiger partial charge in [-0.3, -0.25) is 24.2 Å². The predicted octanol–water partition coefficient (Wildman–Crippen LogP) is 5.54. The van der Waals surface area contributed by atoms with E-state index in [1.165, 1.54) is 4.90 Å². The molecule has 1 saturated heterocycles. The lowest BCUT2D eigenvalue weighted by Gasteiger charge is -2.37. The third-order valence-corrected chi connectivity index (χ3v) is 9.38. The van der Waals surface area contributed by atoms with Gasteiger partial charge in [0, 0.05) is 10.0 Å². The molecule has 6 atom stereocenters. The summed E-state index contributed by atoms with van der Waals surface area (Å²) < 4.78 is 0.962. The molecular weight excluding hydrogens is 516 g/mol. The molecule has 5 nitrogen and oxygen atoms in total. The van der Waals surface area contributed by atoms with E-state index in [9.17, 15) is 14.4 Å². The highest BCUT2D eigenvalue weighted by atomic mass is 79.9. The summed E-state index contributed by atoms with van der Waals surface area (Å²) in [7, 11) is 0. The number of allylic oxidation sites excluding steroid dienone is 2. The largest absolute Gasteiger partial charge is 0.289 e. The van der Waals surface area contributed by atoms with Crippen LogP contribution < -0.4 is 4.90 Å². The molecule has 6 unspecified atom stereocenters. The quantitative estimate of drug-likeness (QED) is 0.353. The molecule has 0 aromatic heterocycles. The van der Waals surface area contributed by atoms with Crippen LogP contribution in [0.15, 0.2) is 53.0 Å². The Kier molecular flexibility index (Phi) is 5.71. The fraction of sp³-hybridized carbons (Fsp3) is 0.433. The summed E-state index contributed by atoms with van der Waals surface area (Å²) in [5.74, 6) is 0.491. The summed E-state index contributed by atoms with van der Waals surface area (Å²) in [5.41, 5.74) is 4.31. The molecular formula is C30H31BrN2O3. The van der Waals surface area contributed by atoms with Crippen molar-refractivity contribution in [1.29, 1.82) is 0 Å². The Balaban J connectivity index is 1.43. The van der Waals surface area contributed by atoms with Gasteiger partial charge in [0.2, 0.25) is 11.8 Å². The summed E-state index contributed by atoms with van der Waals surface area (Å²) in [5, 5.41) is 0. The number of aryl methyl sites for hydroxylation is 3. The first-order chi connectivity index (χ1) is 17.3. The maximum atomic E-state index is 14.2. The fourth-order valence-electron chi connectivity index (χ4n) is 7.10. The third-order valence-electron chi connectivity index (χ3n) is 8.92. The van der Waals surface area contributed by atoms with Gasteiger partial charge in [-0.15, -0.1) is 0 Å². The van der Waals surface area contributed by atoms with Crippen LogP contribution in [0.25, 0.3) is 0 Å². The Hall–Kier alpha value is -2.73. The van der Waals surface area contributed by atoms with Crippen LogP contribution in [0.3, 0.4) is 0 Å². The molecule has 2 saturated carbocycles. The van der Waals surface area contributed by atoms with Crippen molar-refractivity contribution in [3.63, 3.8) is 0 Å². The maximum absolute atomic E-state index is 14.2. The lowest BCUT2D eigenvalue weighted by Crippen LogP contribution is -2.46. The molecule has 2 aromatic carbocycles. The molecule has 36 heavy (non-hydrogen) atoms. The van der Waals surface area contributed by atoms with E-state index < -0.39 is 0 Å². The van der Waals surface area contributed by atoms with E-state index in [0.29, 0.717) is 17.4 Å². The molecule has 0 radical (unpaired) electrons. The summed E-state index contributed by atoms with van der Waals surface area (Å²) in [6, 6.07) is 11.6. The van der Waals surface area contributed by atoms with Crippen molar-refractivity contribution in [2.45, 2.75) is 40.0 Å². The third kappa shape index (κ3) is 3.44. The van der Waals surface area contributed by atoms with E-state index >= 15 is 0 Å². The SMILES string of the molecule is CCc1cc(Br)cc(CC)c1N(CN1C(=O)C2C3C=CC(C4CC34)C2C1=O)C(=O)c1ccccc1C. The molecule has 6 heteroatoms. The fourth-order valence-corrected chi connectivity index (χ4v) is 7.65. The van der Waals surface area contributed by atoms with Gasteiger partial charge in [0.05, 0.1) is 17.5 Å². The molecule has 186 valence electrons. The van der Waals surface area contributed by atoms with E-state index in [4.69, 9.17) is 0 Å². The number of halogens is 1. The Morgan fingerprint density at radius 1 is 0.972 bits per heavy atom. The van der Waals surface area contributed by atoms with E-state index in [0.717, 1.165) is 46.1 Å². The van der Waals surface area contributed by atoms with Crippen LogP contribution in [-0.4, -0.2) is 29.3 Å². The molecule has 1 heterocycles. The second kappa shape index (κ2) is 8.69. The van der Waals surface area contributed by atoms with E-state index in [1.54, 1.807) is 4.90 Å². The molecule has 4 aliphatic carbocycles. The van der Waals surface area contributed by atoms with E-state index in [1.807, 2.05) is 43.3 Å². The number of benzene rings is 2. The Labute approximate surface area is 220 Å². The van der Waals surface area contributed by atoms with Gasteiger partial charge < -0.3 is 0 Å². The Bertz CT molecular complexity index is 1260. The summed E-state index contributed by atoms with van der Waals surface area (Å²) in [6.45, 7) is 6.01. The highest BCUT2D eigenvalue weighted by Crippen LogP contribution is 2.65. The van der Waals surface area contributed by atoms with Gasteiger partial charge in [-0.05, 0) is 84.7 Å². The number of hydrogen-bond donors (Lipinski definition) is 0. The maximum Gasteiger partial charge on any atom is 0.260 e. The summed E-state index contributed by atoms with van der Waals surface area (Å²) in [4.78, 5) is 44.8. The van der Waals surface area contributed by atoms with Crippen LogP contribution in [0.1, 0.15) is 47.3 Å². The molecule has 2 aromatic rings. The van der Waals surface area contributed by atoms with Gasteiger partial charge in [-0.25, -0.2) is 0 Å². The monoisotopic (exact) mass is 546 g/mol. The smallest absolute Gasteiger partial charge is 0.260 e. The van der Waals surface area contributed by atoms with Crippen molar-refractivity contribution < 1.29 is 14.4 Å². The minimum absolute atomic E-state index is 0.0474. The standard InChI is InChI=1S/C30H31BrN2O3/c1-4-17-12-19(31)13-18(5-2)27(17)32(28(34)20-9-7-6-8-16(20)3)15-33-29(35)25-21-10-11-22(24-14-23(21)24)26(25)30(33)36/h6-13,21-26H,4-5,14-15H2,1-3H3. The zero-order valence-corrected chi connectivity index (χ0v) is 22.5. The number of imide groups is 1. The number of hydrogen-bond acceptors (Lipinski definition) is 3. The zero-order chi connectivity index (χ0) is 25.3. The number of likely N-dealkylation sites (tertiary alicyclic amines) is 1. The number of anilines is 1. The van der Waals surface area contributed by atoms with Gasteiger partial charge >= 0.3 is 0 Å². The minimum Gasteiger partial charge on any atom is -0.289 e. The van der Waals surface area contributed by atoms with Gasteiger partial charge in [0.1, 0.15) is 6.67 Å². The normalized spacial score (nSPS) is 29.4. The van der Waals surface area contributed by atoms with Gasteiger partial charge in [-0.1, -0.05) is 60.1 Å². The topological polar surface area (TPSA) is 57.7 Å². The van der Waals surface area contributed by atoms with Crippen molar-refractivity contribution in [2.75, 3.05) is 11.6 Å². The van der Waals surface area contributed by atoms with Crippen LogP contribution in [-0.2, 0) is 22.4 Å². The summed E-state index contributed by atoms with van der Waals surface area (Å²) in [6.07, 6.45) is 6.95. The molecule has 0 spiro atoms. The number of rotatable bonds is 6. The van der Waals surface area contributed by atoms with Crippen molar-refractivity contribution >= 4 is 39.3 Å². The summed E-state index contributed by atoms with van der Waals surface area (Å²) >= 11 is 3.62. The first-order valence-electron chi connectivity index (χ1n) is 13.1. The van der Waals surface area contributed by atoms with E-state index in [2.05, 4.69) is 41.9 Å². The zero-order valence-electron chi connectivity index (χ0n) is 20.9. The molecule has 3 amide bonds. The lowest BCUT2D eigenvalue weighted by atomic mass is 9.63. The number of carbonyl (C=O) groups excluding carboxylic acids is 3. The van der Waals surface area contributed by atoms with Crippen LogP contribution in [0, 0.1) is 42.4 Å². The average Bonchev–Trinajstić information content (AvgIpc) is 3.67. The molecule has 2 bridgehead atoms. The van der Waals surface area contributed by atoms with Gasteiger partial charge in [-0.2, -0.15) is 0 Å². The molecule has 7 rings (SSSR count). The second-order valence-corrected chi connectivity index (χ2v) is 11.6. The first kappa shape index (κ1) is 23.7. The van der Waals surface area contributed by atoms with Gasteiger partial charge in [0.15, 0.2) is 0 Å². The average molecular weight is 547 g/mol. The van der Waals surface area contributed by atoms with Crippen molar-refractivity contribution in [3.8, 4) is 0 Å². The van der Waals surface area contributed by atoms with E-state index in [-0.39, 0.29) is 48.1 Å². The highest BCUT2D eigenvalue weighted by Gasteiger charge is 2.67. The van der Waals surface area contributed by atoms with Crippen molar-refractivity contribution in [3.05, 3.63) is 75.3 Å². The molecule has 3 fully saturated rings. The first-order valence-corrected chi connectivity index (χ1v) is 13.9. The number of amides is 3. The molecule has 0 N–H and O–H groups in total.